The van der Waals surface area contributed by atoms with E-state index in [1.807, 2.05) is 14.0 Å². The van der Waals surface area contributed by atoms with Crippen LogP contribution in [0, 0.1) is 12.8 Å². The van der Waals surface area contributed by atoms with Gasteiger partial charge in [0.15, 0.2) is 0 Å². The molecule has 0 aliphatic heterocycles. The molecule has 3 nitrogen and oxygen atoms in total. The Hall–Kier alpha value is -0.540. The molecule has 1 aliphatic rings. The Morgan fingerprint density at radius 3 is 2.73 bits per heavy atom. The van der Waals surface area contributed by atoms with Crippen molar-refractivity contribution in [3.63, 3.8) is 0 Å². The molecular formula is C11H18ClN3. The molecule has 1 aromatic rings. The third kappa shape index (κ3) is 2.34. The molecule has 1 aliphatic carbocycles. The molecule has 0 saturated heterocycles. The highest BCUT2D eigenvalue weighted by Crippen LogP contribution is 2.32. The smallest absolute Gasteiger partial charge is 0.131 e. The van der Waals surface area contributed by atoms with E-state index < -0.39 is 0 Å². The molecule has 1 saturated carbocycles. The van der Waals surface area contributed by atoms with E-state index in [1.54, 1.807) is 4.68 Å². The van der Waals surface area contributed by atoms with E-state index in [2.05, 4.69) is 17.3 Å². The van der Waals surface area contributed by atoms with Crippen LogP contribution in [0.5, 0.6) is 0 Å². The molecule has 1 unspecified atom stereocenters. The van der Waals surface area contributed by atoms with Crippen molar-refractivity contribution < 1.29 is 0 Å². The number of hydrogen-bond acceptors (Lipinski definition) is 2. The zero-order chi connectivity index (χ0) is 11.0. The van der Waals surface area contributed by atoms with Crippen molar-refractivity contribution in [2.75, 3.05) is 0 Å². The van der Waals surface area contributed by atoms with E-state index in [0.29, 0.717) is 6.04 Å². The first-order valence-electron chi connectivity index (χ1n) is 5.51. The van der Waals surface area contributed by atoms with Gasteiger partial charge in [-0.3, -0.25) is 4.68 Å². The Labute approximate surface area is 95.8 Å². The fourth-order valence-electron chi connectivity index (χ4n) is 1.90. The quantitative estimate of drug-likeness (QED) is 0.855. The summed E-state index contributed by atoms with van der Waals surface area (Å²) in [4.78, 5) is 0. The highest BCUT2D eigenvalue weighted by atomic mass is 35.5. The molecule has 1 fully saturated rings. The molecular weight excluding hydrogens is 210 g/mol. The predicted molar refractivity (Wildman–Crippen MR) is 62.0 cm³/mol. The largest absolute Gasteiger partial charge is 0.310 e. The van der Waals surface area contributed by atoms with Crippen LogP contribution in [0.25, 0.3) is 0 Å². The van der Waals surface area contributed by atoms with Crippen LogP contribution in [-0.4, -0.2) is 15.8 Å². The lowest BCUT2D eigenvalue weighted by atomic mass is 10.2. The first-order valence-corrected chi connectivity index (χ1v) is 5.88. The fourth-order valence-corrected chi connectivity index (χ4v) is 2.14. The van der Waals surface area contributed by atoms with Gasteiger partial charge in [-0.05, 0) is 32.6 Å². The monoisotopic (exact) mass is 227 g/mol. The van der Waals surface area contributed by atoms with Crippen molar-refractivity contribution in [3.05, 3.63) is 16.4 Å². The first-order chi connectivity index (χ1) is 7.09. The van der Waals surface area contributed by atoms with Gasteiger partial charge < -0.3 is 5.32 Å². The average molecular weight is 228 g/mol. The Morgan fingerprint density at radius 1 is 1.60 bits per heavy atom. The number of halogens is 1. The van der Waals surface area contributed by atoms with Crippen LogP contribution < -0.4 is 5.32 Å². The van der Waals surface area contributed by atoms with Crippen LogP contribution in [0.2, 0.25) is 5.15 Å². The first kappa shape index (κ1) is 11.0. The van der Waals surface area contributed by atoms with Crippen molar-refractivity contribution in [2.45, 2.75) is 39.3 Å². The lowest BCUT2D eigenvalue weighted by Gasteiger charge is -2.12. The van der Waals surface area contributed by atoms with Gasteiger partial charge >= 0.3 is 0 Å². The van der Waals surface area contributed by atoms with Gasteiger partial charge in [0, 0.05) is 25.2 Å². The number of rotatable bonds is 4. The zero-order valence-electron chi connectivity index (χ0n) is 9.55. The number of nitrogens with zero attached hydrogens (tertiary/aromatic N) is 2. The molecule has 0 aromatic carbocycles. The second kappa shape index (κ2) is 4.14. The standard InChI is InChI=1S/C11H18ClN3/c1-7(9-4-5-9)13-6-10-8(2)14-15(3)11(10)12/h7,9,13H,4-6H2,1-3H3. The molecule has 4 heteroatoms. The normalized spacial score (nSPS) is 18.1. The van der Waals surface area contributed by atoms with Gasteiger partial charge in [-0.2, -0.15) is 5.10 Å². The Bertz CT molecular complexity index is 355. The molecule has 0 radical (unpaired) electrons. The van der Waals surface area contributed by atoms with E-state index in [0.717, 1.165) is 28.9 Å². The molecule has 0 spiro atoms. The summed E-state index contributed by atoms with van der Waals surface area (Å²) in [5, 5.41) is 8.56. The van der Waals surface area contributed by atoms with Crippen molar-refractivity contribution >= 4 is 11.6 Å². The fraction of sp³-hybridized carbons (Fsp3) is 0.727. The molecule has 1 atom stereocenters. The van der Waals surface area contributed by atoms with E-state index in [9.17, 15) is 0 Å². The van der Waals surface area contributed by atoms with Gasteiger partial charge in [0.05, 0.1) is 5.69 Å². The van der Waals surface area contributed by atoms with Crippen molar-refractivity contribution in [1.29, 1.82) is 0 Å². The molecule has 1 N–H and O–H groups in total. The van der Waals surface area contributed by atoms with Crippen LogP contribution >= 0.6 is 11.6 Å². The zero-order valence-corrected chi connectivity index (χ0v) is 10.3. The highest BCUT2D eigenvalue weighted by molar-refractivity contribution is 6.30. The minimum atomic E-state index is 0.598. The number of nitrogens with one attached hydrogen (secondary N) is 1. The summed E-state index contributed by atoms with van der Waals surface area (Å²) in [6.07, 6.45) is 2.74. The second-order valence-corrected chi connectivity index (χ2v) is 4.84. The third-order valence-electron chi connectivity index (χ3n) is 3.20. The summed E-state index contributed by atoms with van der Waals surface area (Å²) < 4.78 is 1.73. The summed E-state index contributed by atoms with van der Waals surface area (Å²) in [5.41, 5.74) is 2.16. The summed E-state index contributed by atoms with van der Waals surface area (Å²) >= 11 is 6.15. The molecule has 0 amide bonds. The summed E-state index contributed by atoms with van der Waals surface area (Å²) in [5.74, 6) is 0.876. The Kier molecular flexibility index (Phi) is 3.03. The van der Waals surface area contributed by atoms with Crippen LogP contribution in [-0.2, 0) is 13.6 Å². The molecule has 1 aromatic heterocycles. The maximum absolute atomic E-state index is 6.15. The third-order valence-corrected chi connectivity index (χ3v) is 3.67. The molecule has 84 valence electrons. The predicted octanol–water partition coefficient (Wildman–Crippen LogP) is 2.27. The van der Waals surface area contributed by atoms with Crippen LogP contribution in [0.15, 0.2) is 0 Å². The summed E-state index contributed by atoms with van der Waals surface area (Å²) in [6.45, 7) is 5.08. The van der Waals surface area contributed by atoms with E-state index in [1.165, 1.54) is 12.8 Å². The SMILES string of the molecule is Cc1nn(C)c(Cl)c1CNC(C)C1CC1. The lowest BCUT2D eigenvalue weighted by molar-refractivity contribution is 0.495. The van der Waals surface area contributed by atoms with Gasteiger partial charge in [-0.25, -0.2) is 0 Å². The maximum atomic E-state index is 6.15. The van der Waals surface area contributed by atoms with Crippen molar-refractivity contribution in [3.8, 4) is 0 Å². The number of aromatic nitrogens is 2. The maximum Gasteiger partial charge on any atom is 0.131 e. The molecule has 0 bridgehead atoms. The van der Waals surface area contributed by atoms with Crippen molar-refractivity contribution in [2.24, 2.45) is 13.0 Å². The topological polar surface area (TPSA) is 29.9 Å². The van der Waals surface area contributed by atoms with Crippen molar-refractivity contribution in [1.82, 2.24) is 15.1 Å². The second-order valence-electron chi connectivity index (χ2n) is 4.49. The van der Waals surface area contributed by atoms with Gasteiger partial charge in [0.2, 0.25) is 0 Å². The number of aryl methyl sites for hydroxylation is 2. The highest BCUT2D eigenvalue weighted by Gasteiger charge is 2.27. The summed E-state index contributed by atoms with van der Waals surface area (Å²) in [7, 11) is 1.88. The Balaban J connectivity index is 1.97. The van der Waals surface area contributed by atoms with Gasteiger partial charge in [-0.1, -0.05) is 11.6 Å². The van der Waals surface area contributed by atoms with Crippen LogP contribution in [0.3, 0.4) is 0 Å². The molecule has 2 rings (SSSR count). The van der Waals surface area contributed by atoms with Gasteiger partial charge in [0.25, 0.3) is 0 Å². The van der Waals surface area contributed by atoms with Gasteiger partial charge in [0.1, 0.15) is 5.15 Å². The lowest BCUT2D eigenvalue weighted by Crippen LogP contribution is -2.27. The van der Waals surface area contributed by atoms with E-state index in [4.69, 9.17) is 11.6 Å². The van der Waals surface area contributed by atoms with E-state index >= 15 is 0 Å². The Morgan fingerprint density at radius 2 is 2.27 bits per heavy atom. The average Bonchev–Trinajstić information content (AvgIpc) is 2.96. The summed E-state index contributed by atoms with van der Waals surface area (Å²) in [6, 6.07) is 0.598. The van der Waals surface area contributed by atoms with Crippen LogP contribution in [0.1, 0.15) is 31.0 Å². The molecule has 15 heavy (non-hydrogen) atoms. The van der Waals surface area contributed by atoms with Crippen LogP contribution in [0.4, 0.5) is 0 Å². The minimum Gasteiger partial charge on any atom is -0.310 e. The minimum absolute atomic E-state index is 0.598. The molecule has 1 heterocycles. The number of hydrogen-bond donors (Lipinski definition) is 1. The van der Waals surface area contributed by atoms with E-state index in [-0.39, 0.29) is 0 Å². The van der Waals surface area contributed by atoms with Gasteiger partial charge in [-0.15, -0.1) is 0 Å².